The lowest BCUT2D eigenvalue weighted by atomic mass is 10.2. The molecule has 0 aliphatic carbocycles. The molecular weight excluding hydrogens is 363 g/mol. The molecule has 0 aliphatic heterocycles. The zero-order valence-electron chi connectivity index (χ0n) is 12.2. The van der Waals surface area contributed by atoms with Crippen LogP contribution in [0, 0.1) is 0 Å². The zero-order valence-corrected chi connectivity index (χ0v) is 15.3. The van der Waals surface area contributed by atoms with Gasteiger partial charge in [-0.3, -0.25) is 0 Å². The number of halogens is 2. The van der Waals surface area contributed by atoms with Crippen molar-refractivity contribution in [3.05, 3.63) is 94.5 Å². The summed E-state index contributed by atoms with van der Waals surface area (Å²) in [5, 5.41) is 1.52. The molecule has 0 atom stereocenters. The van der Waals surface area contributed by atoms with Gasteiger partial charge in [-0.05, 0) is 54.1 Å². The van der Waals surface area contributed by atoms with Crippen LogP contribution in [0.15, 0.2) is 88.7 Å². The molecule has 3 rings (SSSR count). The van der Waals surface area contributed by atoms with E-state index in [4.69, 9.17) is 23.2 Å². The van der Waals surface area contributed by atoms with Gasteiger partial charge >= 0.3 is 0 Å². The third-order valence-corrected chi connectivity index (χ3v) is 6.33. The molecule has 0 radical (unpaired) electrons. The van der Waals surface area contributed by atoms with E-state index in [0.29, 0.717) is 0 Å². The Morgan fingerprint density at radius 2 is 1.00 bits per heavy atom. The van der Waals surface area contributed by atoms with Gasteiger partial charge in [-0.15, -0.1) is 23.5 Å². The van der Waals surface area contributed by atoms with Crippen molar-refractivity contribution in [1.82, 2.24) is 0 Å². The first-order valence-electron chi connectivity index (χ1n) is 7.10. The summed E-state index contributed by atoms with van der Waals surface area (Å²) in [5.41, 5.74) is 1.28. The highest BCUT2D eigenvalue weighted by molar-refractivity contribution is 8.16. The van der Waals surface area contributed by atoms with Crippen LogP contribution in [0.25, 0.3) is 0 Å². The Balaban J connectivity index is 1.84. The molecule has 0 unspecified atom stereocenters. The molecule has 0 aliphatic rings. The van der Waals surface area contributed by atoms with Crippen LogP contribution < -0.4 is 0 Å². The van der Waals surface area contributed by atoms with Gasteiger partial charge in [-0.25, -0.2) is 0 Å². The highest BCUT2D eigenvalue weighted by Gasteiger charge is 2.15. The fraction of sp³-hybridized carbons (Fsp3) is 0.0526. The maximum atomic E-state index is 5.98. The number of hydrogen-bond acceptors (Lipinski definition) is 2. The Labute approximate surface area is 155 Å². The lowest BCUT2D eigenvalue weighted by Gasteiger charge is -2.17. The predicted molar refractivity (Wildman–Crippen MR) is 104 cm³/mol. The van der Waals surface area contributed by atoms with Crippen molar-refractivity contribution in [3.8, 4) is 0 Å². The Kier molecular flexibility index (Phi) is 5.96. The molecule has 3 aromatic rings. The van der Waals surface area contributed by atoms with Crippen LogP contribution in [0.5, 0.6) is 0 Å². The van der Waals surface area contributed by atoms with Crippen molar-refractivity contribution >= 4 is 46.7 Å². The van der Waals surface area contributed by atoms with E-state index in [-0.39, 0.29) is 4.58 Å². The third-order valence-electron chi connectivity index (χ3n) is 3.19. The molecule has 0 saturated carbocycles. The lowest BCUT2D eigenvalue weighted by Crippen LogP contribution is -1.89. The Morgan fingerprint density at radius 3 is 1.43 bits per heavy atom. The van der Waals surface area contributed by atoms with Gasteiger partial charge in [0.2, 0.25) is 0 Å². The summed E-state index contributed by atoms with van der Waals surface area (Å²) >= 11 is 15.6. The highest BCUT2D eigenvalue weighted by Crippen LogP contribution is 2.47. The van der Waals surface area contributed by atoms with E-state index in [2.05, 4.69) is 48.5 Å². The summed E-state index contributed by atoms with van der Waals surface area (Å²) in [4.78, 5) is 2.40. The maximum absolute atomic E-state index is 5.98. The number of benzene rings is 3. The Hall–Kier alpha value is -1.06. The summed E-state index contributed by atoms with van der Waals surface area (Å²) in [6, 6.07) is 26.5. The molecule has 0 aromatic heterocycles. The van der Waals surface area contributed by atoms with Crippen LogP contribution in [0.1, 0.15) is 10.1 Å². The van der Waals surface area contributed by atoms with Gasteiger partial charge in [0.25, 0.3) is 0 Å². The topological polar surface area (TPSA) is 0 Å². The van der Waals surface area contributed by atoms with Crippen molar-refractivity contribution in [2.24, 2.45) is 0 Å². The SMILES string of the molecule is Clc1ccc(SC(Sc2ccc(Cl)cc2)c2ccccc2)cc1. The van der Waals surface area contributed by atoms with Crippen LogP contribution >= 0.6 is 46.7 Å². The van der Waals surface area contributed by atoms with E-state index in [9.17, 15) is 0 Å². The quantitative estimate of drug-likeness (QED) is 0.332. The molecule has 0 amide bonds. The summed E-state index contributed by atoms with van der Waals surface area (Å²) in [5.74, 6) is 0. The van der Waals surface area contributed by atoms with E-state index in [1.165, 1.54) is 15.4 Å². The van der Waals surface area contributed by atoms with Crippen molar-refractivity contribution in [2.45, 2.75) is 14.4 Å². The van der Waals surface area contributed by atoms with Crippen LogP contribution in [-0.2, 0) is 0 Å². The second-order valence-corrected chi connectivity index (χ2v) is 8.41. The normalized spacial score (nSPS) is 10.9. The number of rotatable bonds is 5. The minimum atomic E-state index is 0.263. The molecule has 0 N–H and O–H groups in total. The molecule has 0 heterocycles. The molecule has 0 nitrogen and oxygen atoms in total. The van der Waals surface area contributed by atoms with Gasteiger partial charge < -0.3 is 0 Å². The largest absolute Gasteiger partial charge is 0.106 e. The Morgan fingerprint density at radius 1 is 0.565 bits per heavy atom. The van der Waals surface area contributed by atoms with E-state index < -0.39 is 0 Å². The van der Waals surface area contributed by atoms with Gasteiger partial charge in [0, 0.05) is 19.8 Å². The molecule has 0 bridgehead atoms. The zero-order chi connectivity index (χ0) is 16.1. The maximum Gasteiger partial charge on any atom is 0.0845 e. The van der Waals surface area contributed by atoms with Gasteiger partial charge in [0.1, 0.15) is 0 Å². The van der Waals surface area contributed by atoms with Crippen LogP contribution in [0.2, 0.25) is 10.0 Å². The van der Waals surface area contributed by atoms with Crippen molar-refractivity contribution < 1.29 is 0 Å². The molecule has 23 heavy (non-hydrogen) atoms. The van der Waals surface area contributed by atoms with Gasteiger partial charge in [-0.2, -0.15) is 0 Å². The Bertz CT molecular complexity index is 693. The fourth-order valence-electron chi connectivity index (χ4n) is 2.04. The summed E-state index contributed by atoms with van der Waals surface area (Å²) < 4.78 is 0.263. The molecule has 116 valence electrons. The third kappa shape index (κ3) is 4.95. The fourth-order valence-corrected chi connectivity index (χ4v) is 4.82. The summed E-state index contributed by atoms with van der Waals surface area (Å²) in [7, 11) is 0. The molecule has 3 aromatic carbocycles. The smallest absolute Gasteiger partial charge is 0.0845 e. The molecule has 0 fully saturated rings. The first kappa shape index (κ1) is 16.8. The van der Waals surface area contributed by atoms with Gasteiger partial charge in [0.15, 0.2) is 0 Å². The number of thioether (sulfide) groups is 2. The van der Waals surface area contributed by atoms with Crippen molar-refractivity contribution in [3.63, 3.8) is 0 Å². The van der Waals surface area contributed by atoms with Gasteiger partial charge in [-0.1, -0.05) is 53.5 Å². The van der Waals surface area contributed by atoms with Gasteiger partial charge in [0.05, 0.1) is 4.58 Å². The second-order valence-electron chi connectivity index (χ2n) is 4.89. The van der Waals surface area contributed by atoms with Crippen LogP contribution in [0.3, 0.4) is 0 Å². The number of hydrogen-bond donors (Lipinski definition) is 0. The average Bonchev–Trinajstić information content (AvgIpc) is 2.59. The standard InChI is InChI=1S/C19H14Cl2S2/c20-15-6-10-17(11-7-15)22-19(14-4-2-1-3-5-14)23-18-12-8-16(21)9-13-18/h1-13,19H. The minimum Gasteiger partial charge on any atom is -0.106 e. The second kappa shape index (κ2) is 8.16. The molecule has 0 saturated heterocycles. The first-order chi connectivity index (χ1) is 11.2. The van der Waals surface area contributed by atoms with Crippen molar-refractivity contribution in [2.75, 3.05) is 0 Å². The average molecular weight is 377 g/mol. The van der Waals surface area contributed by atoms with Crippen molar-refractivity contribution in [1.29, 1.82) is 0 Å². The monoisotopic (exact) mass is 376 g/mol. The van der Waals surface area contributed by atoms with E-state index in [1.54, 1.807) is 0 Å². The van der Waals surface area contributed by atoms with Crippen LogP contribution in [0.4, 0.5) is 0 Å². The predicted octanol–water partition coefficient (Wildman–Crippen LogP) is 7.58. The summed E-state index contributed by atoms with van der Waals surface area (Å²) in [6.07, 6.45) is 0. The summed E-state index contributed by atoms with van der Waals surface area (Å²) in [6.45, 7) is 0. The van der Waals surface area contributed by atoms with E-state index >= 15 is 0 Å². The minimum absolute atomic E-state index is 0.263. The lowest BCUT2D eigenvalue weighted by molar-refractivity contribution is 1.33. The highest BCUT2D eigenvalue weighted by atomic mass is 35.5. The first-order valence-corrected chi connectivity index (χ1v) is 9.61. The van der Waals surface area contributed by atoms with E-state index in [0.717, 1.165) is 10.0 Å². The molecular formula is C19H14Cl2S2. The van der Waals surface area contributed by atoms with E-state index in [1.807, 2.05) is 53.9 Å². The molecule has 0 spiro atoms. The van der Waals surface area contributed by atoms with Crippen LogP contribution in [-0.4, -0.2) is 0 Å². The molecule has 4 heteroatoms.